The van der Waals surface area contributed by atoms with E-state index in [-0.39, 0.29) is 0 Å². The first-order chi connectivity index (χ1) is 8.20. The fraction of sp³-hybridized carbons (Fsp3) is 0.692. The summed E-state index contributed by atoms with van der Waals surface area (Å²) in [6.07, 6.45) is 7.75. The molecule has 4 heteroatoms. The molecule has 1 aromatic rings. The predicted octanol–water partition coefficient (Wildman–Crippen LogP) is 4.84. The second kappa shape index (κ2) is 6.60. The third-order valence-electron chi connectivity index (χ3n) is 3.48. The lowest BCUT2D eigenvalue weighted by Gasteiger charge is -2.33. The average Bonchev–Trinajstić information content (AvgIpc) is 2.77. The minimum Gasteiger partial charge on any atom is -0.306 e. The largest absolute Gasteiger partial charge is 0.306 e. The van der Waals surface area contributed by atoms with Crippen molar-refractivity contribution in [2.75, 3.05) is 6.26 Å². The molecular formula is C13H20BrNS2. The molecule has 2 rings (SSSR count). The molecule has 96 valence electrons. The van der Waals surface area contributed by atoms with Crippen LogP contribution in [0.1, 0.15) is 43.5 Å². The smallest absolute Gasteiger partial charge is 0.0389 e. The van der Waals surface area contributed by atoms with E-state index >= 15 is 0 Å². The third kappa shape index (κ3) is 3.72. The van der Waals surface area contributed by atoms with E-state index in [9.17, 15) is 0 Å². The first-order valence-corrected chi connectivity index (χ1v) is 9.19. The quantitative estimate of drug-likeness (QED) is 0.846. The van der Waals surface area contributed by atoms with E-state index in [2.05, 4.69) is 45.9 Å². The summed E-state index contributed by atoms with van der Waals surface area (Å²) >= 11 is 7.40. The number of rotatable bonds is 4. The maximum Gasteiger partial charge on any atom is 0.0389 e. The van der Waals surface area contributed by atoms with Crippen molar-refractivity contribution >= 4 is 39.0 Å². The van der Waals surface area contributed by atoms with Crippen molar-refractivity contribution in [3.63, 3.8) is 0 Å². The highest BCUT2D eigenvalue weighted by Crippen LogP contribution is 2.31. The molecule has 1 aliphatic carbocycles. The van der Waals surface area contributed by atoms with Crippen LogP contribution in [0, 0.1) is 0 Å². The SMILES string of the molecule is CSC1CCCCC1NC(C)c1cc(Br)cs1. The summed E-state index contributed by atoms with van der Waals surface area (Å²) in [4.78, 5) is 1.43. The van der Waals surface area contributed by atoms with Gasteiger partial charge in [0, 0.05) is 32.1 Å². The normalized spacial score (nSPS) is 27.0. The van der Waals surface area contributed by atoms with Gasteiger partial charge < -0.3 is 5.32 Å². The lowest BCUT2D eigenvalue weighted by Crippen LogP contribution is -2.41. The van der Waals surface area contributed by atoms with Gasteiger partial charge in [-0.1, -0.05) is 12.8 Å². The molecule has 0 aliphatic heterocycles. The second-order valence-electron chi connectivity index (χ2n) is 4.72. The molecule has 1 heterocycles. The molecule has 0 saturated heterocycles. The van der Waals surface area contributed by atoms with Gasteiger partial charge in [-0.15, -0.1) is 11.3 Å². The number of hydrogen-bond donors (Lipinski definition) is 1. The van der Waals surface area contributed by atoms with Gasteiger partial charge in [0.05, 0.1) is 0 Å². The van der Waals surface area contributed by atoms with Gasteiger partial charge in [-0.25, -0.2) is 0 Å². The first kappa shape index (κ1) is 13.9. The Bertz CT molecular complexity index is 353. The van der Waals surface area contributed by atoms with Gasteiger partial charge in [-0.2, -0.15) is 11.8 Å². The van der Waals surface area contributed by atoms with Crippen molar-refractivity contribution in [1.29, 1.82) is 0 Å². The van der Waals surface area contributed by atoms with Crippen LogP contribution in [0.25, 0.3) is 0 Å². The summed E-state index contributed by atoms with van der Waals surface area (Å²) in [6.45, 7) is 2.28. The topological polar surface area (TPSA) is 12.0 Å². The van der Waals surface area contributed by atoms with Crippen LogP contribution in [-0.2, 0) is 0 Å². The first-order valence-electron chi connectivity index (χ1n) is 6.23. The Kier molecular flexibility index (Phi) is 5.40. The van der Waals surface area contributed by atoms with E-state index in [4.69, 9.17) is 0 Å². The molecule has 3 atom stereocenters. The van der Waals surface area contributed by atoms with E-state index in [1.54, 1.807) is 0 Å². The summed E-state index contributed by atoms with van der Waals surface area (Å²) in [6, 6.07) is 3.40. The van der Waals surface area contributed by atoms with Gasteiger partial charge >= 0.3 is 0 Å². The number of nitrogens with one attached hydrogen (secondary N) is 1. The van der Waals surface area contributed by atoms with Crippen LogP contribution in [0.3, 0.4) is 0 Å². The Morgan fingerprint density at radius 1 is 1.47 bits per heavy atom. The van der Waals surface area contributed by atoms with Crippen LogP contribution in [0.5, 0.6) is 0 Å². The maximum absolute atomic E-state index is 3.82. The highest BCUT2D eigenvalue weighted by molar-refractivity contribution is 9.10. The molecule has 1 saturated carbocycles. The van der Waals surface area contributed by atoms with Crippen LogP contribution in [0.2, 0.25) is 0 Å². The molecule has 3 unspecified atom stereocenters. The molecule has 0 spiro atoms. The second-order valence-corrected chi connectivity index (χ2v) is 7.66. The molecule has 1 nitrogen and oxygen atoms in total. The average molecular weight is 334 g/mol. The van der Waals surface area contributed by atoms with Crippen LogP contribution in [0.15, 0.2) is 15.9 Å². The van der Waals surface area contributed by atoms with E-state index in [0.717, 1.165) is 5.25 Å². The molecular weight excluding hydrogens is 314 g/mol. The Morgan fingerprint density at radius 3 is 2.88 bits per heavy atom. The molecule has 0 bridgehead atoms. The maximum atomic E-state index is 3.82. The lowest BCUT2D eigenvalue weighted by molar-refractivity contribution is 0.358. The zero-order valence-electron chi connectivity index (χ0n) is 10.4. The van der Waals surface area contributed by atoms with Gasteiger partial charge in [0.1, 0.15) is 0 Å². The number of halogens is 1. The molecule has 1 N–H and O–H groups in total. The van der Waals surface area contributed by atoms with Crippen LogP contribution in [0.4, 0.5) is 0 Å². The molecule has 0 radical (unpaired) electrons. The zero-order chi connectivity index (χ0) is 12.3. The van der Waals surface area contributed by atoms with Gasteiger partial charge in [-0.05, 0) is 48.0 Å². The van der Waals surface area contributed by atoms with Crippen molar-refractivity contribution in [2.45, 2.75) is 49.9 Å². The third-order valence-corrected chi connectivity index (χ3v) is 6.53. The Hall–Kier alpha value is 0.490. The van der Waals surface area contributed by atoms with Crippen molar-refractivity contribution in [2.24, 2.45) is 0 Å². The minimum absolute atomic E-state index is 0.476. The summed E-state index contributed by atoms with van der Waals surface area (Å²) in [7, 11) is 0. The molecule has 1 aromatic heterocycles. The fourth-order valence-electron chi connectivity index (χ4n) is 2.53. The highest BCUT2D eigenvalue weighted by atomic mass is 79.9. The Morgan fingerprint density at radius 2 is 2.24 bits per heavy atom. The van der Waals surface area contributed by atoms with Crippen molar-refractivity contribution < 1.29 is 0 Å². The lowest BCUT2D eigenvalue weighted by atomic mass is 9.94. The van der Waals surface area contributed by atoms with Crippen LogP contribution < -0.4 is 5.32 Å². The van der Waals surface area contributed by atoms with Gasteiger partial charge in [-0.3, -0.25) is 0 Å². The molecule has 1 aliphatic rings. The Labute approximate surface area is 121 Å². The van der Waals surface area contributed by atoms with Gasteiger partial charge in [0.2, 0.25) is 0 Å². The molecule has 0 aromatic carbocycles. The molecule has 1 fully saturated rings. The van der Waals surface area contributed by atoms with Crippen molar-refractivity contribution in [1.82, 2.24) is 5.32 Å². The summed E-state index contributed by atoms with van der Waals surface area (Å²) in [5.74, 6) is 0. The zero-order valence-corrected chi connectivity index (χ0v) is 13.6. The summed E-state index contributed by atoms with van der Waals surface area (Å²) in [5, 5.41) is 6.79. The molecule has 17 heavy (non-hydrogen) atoms. The van der Waals surface area contributed by atoms with Crippen molar-refractivity contribution in [3.05, 3.63) is 20.8 Å². The minimum atomic E-state index is 0.476. The number of hydrogen-bond acceptors (Lipinski definition) is 3. The van der Waals surface area contributed by atoms with Gasteiger partial charge in [0.25, 0.3) is 0 Å². The highest BCUT2D eigenvalue weighted by Gasteiger charge is 2.25. The van der Waals surface area contributed by atoms with Crippen LogP contribution >= 0.6 is 39.0 Å². The van der Waals surface area contributed by atoms with E-state index < -0.39 is 0 Å². The standard InChI is InChI=1S/C13H20BrNS2/c1-9(13-7-10(14)8-17-13)15-11-5-3-4-6-12(11)16-2/h7-9,11-12,15H,3-6H2,1-2H3. The monoisotopic (exact) mass is 333 g/mol. The van der Waals surface area contributed by atoms with E-state index in [0.29, 0.717) is 12.1 Å². The van der Waals surface area contributed by atoms with Gasteiger partial charge in [0.15, 0.2) is 0 Å². The predicted molar refractivity (Wildman–Crippen MR) is 83.1 cm³/mol. The molecule has 0 amide bonds. The van der Waals surface area contributed by atoms with E-state index in [1.165, 1.54) is 35.0 Å². The number of thiophene rings is 1. The summed E-state index contributed by atoms with van der Waals surface area (Å²) < 4.78 is 1.20. The number of thioether (sulfide) groups is 1. The fourth-order valence-corrected chi connectivity index (χ4v) is 4.94. The van der Waals surface area contributed by atoms with E-state index in [1.807, 2.05) is 23.1 Å². The van der Waals surface area contributed by atoms with Crippen molar-refractivity contribution in [3.8, 4) is 0 Å². The van der Waals surface area contributed by atoms with Crippen LogP contribution in [-0.4, -0.2) is 17.5 Å². The Balaban J connectivity index is 1.94. The summed E-state index contributed by atoms with van der Waals surface area (Å²) in [5.41, 5.74) is 0.